The van der Waals surface area contributed by atoms with Crippen molar-refractivity contribution in [2.24, 2.45) is 0 Å². The number of hydrogen-bond donors (Lipinski definition) is 1. The van der Waals surface area contributed by atoms with Crippen molar-refractivity contribution in [3.63, 3.8) is 0 Å². The molecule has 1 fully saturated rings. The lowest BCUT2D eigenvalue weighted by molar-refractivity contribution is -0.385. The van der Waals surface area contributed by atoms with E-state index in [9.17, 15) is 24.3 Å². The van der Waals surface area contributed by atoms with Gasteiger partial charge in [-0.2, -0.15) is 5.26 Å². The fourth-order valence-corrected chi connectivity index (χ4v) is 4.87. The van der Waals surface area contributed by atoms with Gasteiger partial charge in [0.05, 0.1) is 23.1 Å². The van der Waals surface area contributed by atoms with Crippen molar-refractivity contribution >= 4 is 28.8 Å². The fourth-order valence-electron chi connectivity index (χ4n) is 2.63. The topological polar surface area (TPSA) is 111 Å². The third-order valence-electron chi connectivity index (χ3n) is 4.46. The van der Waals surface area contributed by atoms with Gasteiger partial charge in [-0.3, -0.25) is 10.1 Å². The first kappa shape index (κ1) is 22.9. The van der Waals surface area contributed by atoms with Crippen LogP contribution < -0.4 is 4.72 Å². The van der Waals surface area contributed by atoms with Crippen LogP contribution in [-0.4, -0.2) is 37.9 Å². The van der Waals surface area contributed by atoms with Gasteiger partial charge in [0.2, 0.25) is 0 Å². The molecule has 0 aliphatic carbocycles. The lowest BCUT2D eigenvalue weighted by Gasteiger charge is -2.36. The number of benzene rings is 1. The molecule has 0 saturated carbocycles. The summed E-state index contributed by atoms with van der Waals surface area (Å²) in [6, 6.07) is 5.55. The Hall–Kier alpha value is -1.38. The van der Waals surface area contributed by atoms with Gasteiger partial charge < -0.3 is 9.29 Å². The van der Waals surface area contributed by atoms with Gasteiger partial charge in [0.25, 0.3) is 5.69 Å². The lowest BCUT2D eigenvalue weighted by Crippen LogP contribution is -2.52. The van der Waals surface area contributed by atoms with Crippen LogP contribution in [0.15, 0.2) is 18.2 Å². The molecule has 1 aromatic carbocycles. The van der Waals surface area contributed by atoms with Gasteiger partial charge in [0.15, 0.2) is 0 Å². The monoisotopic (exact) mass is 429 g/mol. The number of nitro groups is 1. The number of thioether (sulfide) groups is 1. The molecule has 7 nitrogen and oxygen atoms in total. The van der Waals surface area contributed by atoms with Gasteiger partial charge in [-0.25, -0.2) is 4.39 Å². The molecule has 0 spiro atoms. The van der Waals surface area contributed by atoms with Crippen LogP contribution in [0.25, 0.3) is 0 Å². The molecular formula is C18H24FN3O4S2. The molecule has 3 atom stereocenters. The first-order valence-electron chi connectivity index (χ1n) is 8.70. The van der Waals surface area contributed by atoms with E-state index in [1.165, 1.54) is 11.8 Å². The fraction of sp³-hybridized carbons (Fsp3) is 0.611. The first-order chi connectivity index (χ1) is 12.9. The zero-order valence-electron chi connectivity index (χ0n) is 16.3. The van der Waals surface area contributed by atoms with Crippen LogP contribution in [-0.2, 0) is 21.6 Å². The number of non-ortho nitro benzene ring substituents is 1. The van der Waals surface area contributed by atoms with Crippen LogP contribution in [0.4, 0.5) is 10.1 Å². The van der Waals surface area contributed by atoms with Crippen LogP contribution in [0.3, 0.4) is 0 Å². The summed E-state index contributed by atoms with van der Waals surface area (Å²) < 4.78 is 34.4. The van der Waals surface area contributed by atoms with Crippen molar-refractivity contribution in [3.05, 3.63) is 39.7 Å². The quantitative estimate of drug-likeness (QED) is 0.401. The second-order valence-electron chi connectivity index (χ2n) is 7.93. The van der Waals surface area contributed by atoms with Crippen LogP contribution >= 0.6 is 11.8 Å². The second-order valence-corrected chi connectivity index (χ2v) is 11.3. The molecule has 1 unspecified atom stereocenters. The highest BCUT2D eigenvalue weighted by molar-refractivity contribution is 8.01. The molecule has 0 bridgehead atoms. The van der Waals surface area contributed by atoms with Crippen LogP contribution in [0.2, 0.25) is 0 Å². The van der Waals surface area contributed by atoms with E-state index in [0.717, 1.165) is 18.2 Å². The van der Waals surface area contributed by atoms with Gasteiger partial charge in [0, 0.05) is 47.8 Å². The summed E-state index contributed by atoms with van der Waals surface area (Å²) in [7, 11) is 0. The van der Waals surface area contributed by atoms with Crippen LogP contribution in [0, 0.1) is 27.3 Å². The van der Waals surface area contributed by atoms with Crippen molar-refractivity contribution in [2.45, 2.75) is 49.1 Å². The Morgan fingerprint density at radius 3 is 2.64 bits per heavy atom. The molecule has 10 heteroatoms. The maximum absolute atomic E-state index is 14.7. The number of hydrogen-bond acceptors (Lipinski definition) is 7. The van der Waals surface area contributed by atoms with E-state index in [4.69, 9.17) is 4.74 Å². The molecule has 28 heavy (non-hydrogen) atoms. The standard InChI is InChI=1S/C18H24FN3O4S2/c1-16(2,3)28(25)21-17(4,12-27-18(10-20)7-8-26-11-18)14-9-13(22(23)24)5-6-15(14)19/h5-6,9,21H,7-8,11-12H2,1-4H3/t17-,18+,28?/m0/s1. The highest BCUT2D eigenvalue weighted by Crippen LogP contribution is 2.40. The molecule has 0 radical (unpaired) electrons. The average molecular weight is 430 g/mol. The van der Waals surface area contributed by atoms with E-state index in [1.54, 1.807) is 27.7 Å². The summed E-state index contributed by atoms with van der Waals surface area (Å²) in [5, 5.41) is 20.7. The Bertz CT molecular complexity index is 775. The van der Waals surface area contributed by atoms with Gasteiger partial charge in [-0.15, -0.1) is 16.5 Å². The number of nitriles is 1. The largest absolute Gasteiger partial charge is 0.598 e. The van der Waals surface area contributed by atoms with Crippen molar-refractivity contribution in [1.82, 2.24) is 4.72 Å². The van der Waals surface area contributed by atoms with E-state index in [0.29, 0.717) is 13.0 Å². The highest BCUT2D eigenvalue weighted by atomic mass is 32.2. The Balaban J connectivity index is 2.43. The Morgan fingerprint density at radius 1 is 1.46 bits per heavy atom. The molecule has 2 rings (SSSR count). The average Bonchev–Trinajstić information content (AvgIpc) is 3.09. The molecule has 1 N–H and O–H groups in total. The normalized spacial score (nSPS) is 23.0. The van der Waals surface area contributed by atoms with E-state index >= 15 is 0 Å². The smallest absolute Gasteiger partial charge is 0.269 e. The Labute approximate surface area is 171 Å². The van der Waals surface area contributed by atoms with Gasteiger partial charge in [-0.05, 0) is 33.8 Å². The third-order valence-corrected chi connectivity index (χ3v) is 7.89. The second kappa shape index (κ2) is 8.55. The molecule has 0 aromatic heterocycles. The number of halogens is 1. The maximum atomic E-state index is 14.7. The Morgan fingerprint density at radius 2 is 2.14 bits per heavy atom. The van der Waals surface area contributed by atoms with Gasteiger partial charge in [-0.1, -0.05) is 0 Å². The molecule has 1 aromatic rings. The maximum Gasteiger partial charge on any atom is 0.269 e. The van der Waals surface area contributed by atoms with Crippen LogP contribution in [0.5, 0.6) is 0 Å². The highest BCUT2D eigenvalue weighted by Gasteiger charge is 2.43. The van der Waals surface area contributed by atoms with Crippen molar-refractivity contribution in [2.75, 3.05) is 19.0 Å². The zero-order valence-corrected chi connectivity index (χ0v) is 17.9. The minimum atomic E-state index is -1.57. The molecule has 1 heterocycles. The van der Waals surface area contributed by atoms with Crippen molar-refractivity contribution < 1.29 is 18.6 Å². The molecular weight excluding hydrogens is 405 g/mol. The van der Waals surface area contributed by atoms with Gasteiger partial charge in [0.1, 0.15) is 15.3 Å². The van der Waals surface area contributed by atoms with E-state index < -0.39 is 37.1 Å². The SMILES string of the molecule is CC(C)(C)[S+]([O-])N[C@@](C)(CS[C@@]1(C#N)CCOC1)c1cc([N+](=O)[O-])ccc1F. The molecule has 154 valence electrons. The summed E-state index contributed by atoms with van der Waals surface area (Å²) in [5.41, 5.74) is -1.42. The Kier molecular flexibility index (Phi) is 6.99. The zero-order chi connectivity index (χ0) is 21.2. The van der Waals surface area contributed by atoms with Crippen LogP contribution in [0.1, 0.15) is 39.7 Å². The third kappa shape index (κ3) is 5.15. The molecule has 1 aliphatic rings. The molecule has 1 saturated heterocycles. The van der Waals surface area contributed by atoms with Crippen molar-refractivity contribution in [3.8, 4) is 6.07 Å². The molecule has 0 amide bonds. The van der Waals surface area contributed by atoms with Gasteiger partial charge >= 0.3 is 0 Å². The minimum Gasteiger partial charge on any atom is -0.598 e. The molecule has 1 aliphatic heterocycles. The summed E-state index contributed by atoms with van der Waals surface area (Å²) >= 11 is -0.276. The number of nitrogens with zero attached hydrogens (tertiary/aromatic N) is 2. The number of rotatable bonds is 7. The predicted octanol–water partition coefficient (Wildman–Crippen LogP) is 3.42. The summed E-state index contributed by atoms with van der Waals surface area (Å²) in [4.78, 5) is 10.6. The van der Waals surface area contributed by atoms with E-state index in [2.05, 4.69) is 10.8 Å². The summed E-state index contributed by atoms with van der Waals surface area (Å²) in [5.74, 6) is -0.454. The minimum absolute atomic E-state index is 0.0406. The number of nitro benzene ring substituents is 1. The van der Waals surface area contributed by atoms with E-state index in [1.807, 2.05) is 0 Å². The van der Waals surface area contributed by atoms with Crippen molar-refractivity contribution in [1.29, 1.82) is 5.26 Å². The van der Waals surface area contributed by atoms with E-state index in [-0.39, 0.29) is 23.6 Å². The predicted molar refractivity (Wildman–Crippen MR) is 108 cm³/mol. The lowest BCUT2D eigenvalue weighted by atomic mass is 9.94. The first-order valence-corrected chi connectivity index (χ1v) is 10.8. The summed E-state index contributed by atoms with van der Waals surface area (Å²) in [6.45, 7) is 7.68. The summed E-state index contributed by atoms with van der Waals surface area (Å²) in [6.07, 6.45) is 0.532. The number of nitrogens with one attached hydrogen (secondary N) is 1. The number of ether oxygens (including phenoxy) is 1.